The fraction of sp³-hybridized carbons (Fsp3) is 0.435. The largest absolute Gasteiger partial charge is 0.443 e. The van der Waals surface area contributed by atoms with Crippen LogP contribution in [0.2, 0.25) is 0 Å². The first-order valence-electron chi connectivity index (χ1n) is 10.3. The van der Waals surface area contributed by atoms with Gasteiger partial charge in [0, 0.05) is 13.1 Å². The number of benzene rings is 2. The van der Waals surface area contributed by atoms with Gasteiger partial charge in [0.25, 0.3) is 10.0 Å². The molecule has 2 aromatic rings. The normalized spacial score (nSPS) is 18.0. The highest BCUT2D eigenvalue weighted by Gasteiger charge is 2.40. The van der Waals surface area contributed by atoms with Crippen LogP contribution in [0.3, 0.4) is 0 Å². The van der Waals surface area contributed by atoms with Gasteiger partial charge in [0.15, 0.2) is 0 Å². The molecule has 0 saturated carbocycles. The van der Waals surface area contributed by atoms with Crippen molar-refractivity contribution in [1.29, 1.82) is 0 Å². The van der Waals surface area contributed by atoms with Crippen molar-refractivity contribution in [2.24, 2.45) is 0 Å². The Labute approximate surface area is 179 Å². The number of sulfonamides is 1. The van der Waals surface area contributed by atoms with Crippen molar-refractivity contribution in [3.8, 4) is 0 Å². The van der Waals surface area contributed by atoms with Gasteiger partial charge < -0.3 is 4.74 Å². The first kappa shape index (κ1) is 22.3. The number of amides is 1. The summed E-state index contributed by atoms with van der Waals surface area (Å²) in [4.78, 5) is 15.3. The van der Waals surface area contributed by atoms with Crippen molar-refractivity contribution in [3.05, 3.63) is 66.2 Å². The van der Waals surface area contributed by atoms with Gasteiger partial charge in [-0.3, -0.25) is 4.90 Å². The van der Waals surface area contributed by atoms with Gasteiger partial charge in [0.2, 0.25) is 0 Å². The lowest BCUT2D eigenvalue weighted by Crippen LogP contribution is -2.53. The molecule has 1 fully saturated rings. The van der Waals surface area contributed by atoms with Crippen LogP contribution >= 0.6 is 0 Å². The third kappa shape index (κ3) is 5.61. The Morgan fingerprint density at radius 1 is 1.07 bits per heavy atom. The molecule has 30 heavy (non-hydrogen) atoms. The molecule has 0 aromatic heterocycles. The molecule has 3 rings (SSSR count). The van der Waals surface area contributed by atoms with Gasteiger partial charge >= 0.3 is 6.09 Å². The summed E-state index contributed by atoms with van der Waals surface area (Å²) in [7, 11) is -4.04. The number of ether oxygens (including phenoxy) is 1. The molecule has 1 aliphatic rings. The quantitative estimate of drug-likeness (QED) is 0.708. The van der Waals surface area contributed by atoms with E-state index in [1.165, 1.54) is 12.1 Å². The maximum atomic E-state index is 13.4. The molecule has 1 aliphatic heterocycles. The van der Waals surface area contributed by atoms with Crippen LogP contribution in [-0.2, 0) is 21.3 Å². The number of nitrogens with zero attached hydrogens (tertiary/aromatic N) is 2. The second-order valence-corrected chi connectivity index (χ2v) is 10.4. The van der Waals surface area contributed by atoms with Gasteiger partial charge in [0.1, 0.15) is 5.60 Å². The third-order valence-electron chi connectivity index (χ3n) is 4.93. The fourth-order valence-corrected chi connectivity index (χ4v) is 5.19. The van der Waals surface area contributed by atoms with E-state index in [-0.39, 0.29) is 4.90 Å². The van der Waals surface area contributed by atoms with Gasteiger partial charge in [-0.15, -0.1) is 0 Å². The lowest BCUT2D eigenvalue weighted by Gasteiger charge is -2.39. The molecule has 0 radical (unpaired) electrons. The van der Waals surface area contributed by atoms with Gasteiger partial charge in [-0.05, 0) is 57.9 Å². The van der Waals surface area contributed by atoms with Crippen molar-refractivity contribution < 1.29 is 17.9 Å². The smallest absolute Gasteiger partial charge is 0.424 e. The lowest BCUT2D eigenvalue weighted by atomic mass is 10.0. The van der Waals surface area contributed by atoms with Crippen molar-refractivity contribution in [2.75, 3.05) is 13.1 Å². The average Bonchev–Trinajstić information content (AvgIpc) is 2.68. The van der Waals surface area contributed by atoms with E-state index in [0.717, 1.165) is 22.8 Å². The molecule has 7 heteroatoms. The predicted molar refractivity (Wildman–Crippen MR) is 116 cm³/mol. The molecular formula is C23H30N2O4S. The zero-order valence-corrected chi connectivity index (χ0v) is 18.6. The van der Waals surface area contributed by atoms with Crippen LogP contribution in [0.1, 0.15) is 39.2 Å². The highest BCUT2D eigenvalue weighted by Crippen LogP contribution is 2.27. The summed E-state index contributed by atoms with van der Waals surface area (Å²) >= 11 is 0. The van der Waals surface area contributed by atoms with Crippen LogP contribution in [-0.4, -0.2) is 48.4 Å². The van der Waals surface area contributed by atoms with Crippen molar-refractivity contribution >= 4 is 16.1 Å². The monoisotopic (exact) mass is 430 g/mol. The van der Waals surface area contributed by atoms with E-state index in [2.05, 4.69) is 17.0 Å². The summed E-state index contributed by atoms with van der Waals surface area (Å²) in [5.74, 6) is 0. The van der Waals surface area contributed by atoms with Gasteiger partial charge in [-0.25, -0.2) is 13.2 Å². The van der Waals surface area contributed by atoms with Gasteiger partial charge in [-0.2, -0.15) is 4.31 Å². The Bertz CT molecular complexity index is 940. The van der Waals surface area contributed by atoms with E-state index in [4.69, 9.17) is 4.74 Å². The van der Waals surface area contributed by atoms with Crippen LogP contribution in [0.15, 0.2) is 65.6 Å². The molecule has 0 N–H and O–H groups in total. The van der Waals surface area contributed by atoms with Crippen LogP contribution in [0.25, 0.3) is 0 Å². The minimum atomic E-state index is -4.04. The van der Waals surface area contributed by atoms with E-state index in [9.17, 15) is 13.2 Å². The van der Waals surface area contributed by atoms with E-state index in [1.54, 1.807) is 39.0 Å². The zero-order chi connectivity index (χ0) is 21.8. The fourth-order valence-electron chi connectivity index (χ4n) is 3.66. The molecule has 1 amide bonds. The molecule has 0 bridgehead atoms. The van der Waals surface area contributed by atoms with Crippen molar-refractivity contribution in [2.45, 2.75) is 56.7 Å². The number of carbonyl (C=O) groups is 1. The molecule has 162 valence electrons. The predicted octanol–water partition coefficient (Wildman–Crippen LogP) is 4.28. The number of likely N-dealkylation sites (tertiary alicyclic amines) is 1. The van der Waals surface area contributed by atoms with Gasteiger partial charge in [-0.1, -0.05) is 48.5 Å². The van der Waals surface area contributed by atoms with Crippen LogP contribution < -0.4 is 0 Å². The molecule has 1 unspecified atom stereocenters. The summed E-state index contributed by atoms with van der Waals surface area (Å²) in [6.07, 6.45) is 0.593. The summed E-state index contributed by atoms with van der Waals surface area (Å²) in [5, 5.41) is 0. The molecule has 0 aliphatic carbocycles. The second kappa shape index (κ2) is 9.18. The Balaban J connectivity index is 1.88. The average molecular weight is 431 g/mol. The zero-order valence-electron chi connectivity index (χ0n) is 17.8. The molecule has 1 saturated heterocycles. The molecule has 6 nitrogen and oxygen atoms in total. The standard InChI is InChI=1S/C23H30N2O4S/c1-23(2,3)29-22(26)25(30(27,28)21-14-8-5-9-15-21)20-13-10-16-24(18-20)17-19-11-6-4-7-12-19/h4-9,11-12,14-15,20H,10,13,16-18H2,1-3H3. The lowest BCUT2D eigenvalue weighted by molar-refractivity contribution is 0.0269. The topological polar surface area (TPSA) is 66.9 Å². The Kier molecular flexibility index (Phi) is 6.83. The van der Waals surface area contributed by atoms with Crippen LogP contribution in [0, 0.1) is 0 Å². The summed E-state index contributed by atoms with van der Waals surface area (Å²) in [6, 6.07) is 17.7. The van der Waals surface area contributed by atoms with Gasteiger partial charge in [0.05, 0.1) is 10.9 Å². The molecule has 1 atom stereocenters. The Morgan fingerprint density at radius 3 is 2.27 bits per heavy atom. The van der Waals surface area contributed by atoms with E-state index in [0.29, 0.717) is 19.5 Å². The van der Waals surface area contributed by atoms with Crippen LogP contribution in [0.4, 0.5) is 4.79 Å². The number of hydrogen-bond acceptors (Lipinski definition) is 5. The molecule has 2 aromatic carbocycles. The first-order chi connectivity index (χ1) is 14.2. The number of carbonyl (C=O) groups excluding carboxylic acids is 1. The van der Waals surface area contributed by atoms with E-state index in [1.807, 2.05) is 18.2 Å². The summed E-state index contributed by atoms with van der Waals surface area (Å²) in [6.45, 7) is 7.26. The third-order valence-corrected chi connectivity index (χ3v) is 6.77. The molecule has 0 spiro atoms. The maximum Gasteiger partial charge on any atom is 0.424 e. The number of hydrogen-bond donors (Lipinski definition) is 0. The van der Waals surface area contributed by atoms with Crippen molar-refractivity contribution in [1.82, 2.24) is 9.21 Å². The number of rotatable bonds is 5. The highest BCUT2D eigenvalue weighted by molar-refractivity contribution is 7.89. The van der Waals surface area contributed by atoms with E-state index < -0.39 is 27.8 Å². The minimum Gasteiger partial charge on any atom is -0.443 e. The minimum absolute atomic E-state index is 0.0936. The van der Waals surface area contributed by atoms with E-state index >= 15 is 0 Å². The highest BCUT2D eigenvalue weighted by atomic mass is 32.2. The Hall–Kier alpha value is -2.38. The van der Waals surface area contributed by atoms with Crippen LogP contribution in [0.5, 0.6) is 0 Å². The number of piperidine rings is 1. The SMILES string of the molecule is CC(C)(C)OC(=O)N(C1CCCN(Cc2ccccc2)C1)S(=O)(=O)c1ccccc1. The summed E-state index contributed by atoms with van der Waals surface area (Å²) < 4.78 is 33.3. The van der Waals surface area contributed by atoms with Crippen molar-refractivity contribution in [3.63, 3.8) is 0 Å². The molecular weight excluding hydrogens is 400 g/mol. The Morgan fingerprint density at radius 2 is 1.67 bits per heavy atom. The first-order valence-corrected chi connectivity index (χ1v) is 11.7. The summed E-state index contributed by atoms with van der Waals surface area (Å²) in [5.41, 5.74) is 0.368. The molecule has 1 heterocycles. The maximum absolute atomic E-state index is 13.4. The second-order valence-electron chi connectivity index (χ2n) is 8.61.